The molecule has 15 heavy (non-hydrogen) atoms. The Morgan fingerprint density at radius 2 is 2.47 bits per heavy atom. The maximum absolute atomic E-state index is 5.65. The number of nitrogens with one attached hydrogen (secondary N) is 1. The molecule has 0 amide bonds. The second-order valence-electron chi connectivity index (χ2n) is 3.80. The Balaban J connectivity index is 2.27. The van der Waals surface area contributed by atoms with Gasteiger partial charge in [0.2, 0.25) is 0 Å². The van der Waals surface area contributed by atoms with E-state index in [1.165, 1.54) is 17.5 Å². The second kappa shape index (κ2) is 4.49. The van der Waals surface area contributed by atoms with Gasteiger partial charge in [0.1, 0.15) is 12.4 Å². The molecule has 2 rings (SSSR count). The van der Waals surface area contributed by atoms with Gasteiger partial charge in [-0.2, -0.15) is 0 Å². The van der Waals surface area contributed by atoms with Gasteiger partial charge in [-0.25, -0.2) is 0 Å². The maximum Gasteiger partial charge on any atom is 0.123 e. The van der Waals surface area contributed by atoms with Crippen LogP contribution >= 0.6 is 0 Å². The lowest BCUT2D eigenvalue weighted by atomic mass is 10.1. The first-order chi connectivity index (χ1) is 7.36. The fourth-order valence-electron chi connectivity index (χ4n) is 2.20. The third-order valence-corrected chi connectivity index (χ3v) is 2.93. The minimum absolute atomic E-state index is 0.493. The highest BCUT2D eigenvalue weighted by Crippen LogP contribution is 2.36. The highest BCUT2D eigenvalue weighted by molar-refractivity contribution is 5.45. The zero-order valence-corrected chi connectivity index (χ0v) is 9.12. The Bertz CT molecular complexity index is 360. The molecular formula is C13H17NO. The molecule has 1 atom stereocenters. The molecule has 0 aliphatic heterocycles. The summed E-state index contributed by atoms with van der Waals surface area (Å²) in [4.78, 5) is 0. The molecule has 1 aromatic carbocycles. The van der Waals surface area contributed by atoms with Gasteiger partial charge in [-0.15, -0.1) is 0 Å². The first kappa shape index (κ1) is 10.2. The number of ether oxygens (including phenoxy) is 1. The summed E-state index contributed by atoms with van der Waals surface area (Å²) in [5.41, 5.74) is 2.75. The fourth-order valence-corrected chi connectivity index (χ4v) is 2.20. The minimum atomic E-state index is 0.493. The molecule has 0 saturated carbocycles. The Morgan fingerprint density at radius 3 is 3.20 bits per heavy atom. The predicted molar refractivity (Wildman–Crippen MR) is 62.3 cm³/mol. The van der Waals surface area contributed by atoms with Crippen molar-refractivity contribution >= 4 is 0 Å². The summed E-state index contributed by atoms with van der Waals surface area (Å²) in [6.07, 6.45) is 4.05. The van der Waals surface area contributed by atoms with E-state index >= 15 is 0 Å². The van der Waals surface area contributed by atoms with Crippen LogP contribution in [-0.4, -0.2) is 13.7 Å². The molecule has 0 fully saturated rings. The van der Waals surface area contributed by atoms with Crippen LogP contribution in [0, 0.1) is 0 Å². The normalized spacial score (nSPS) is 18.6. The lowest BCUT2D eigenvalue weighted by Gasteiger charge is -2.12. The predicted octanol–water partition coefficient (Wildman–Crippen LogP) is 2.46. The molecule has 2 heteroatoms. The Labute approximate surface area is 91.0 Å². The molecule has 1 aromatic rings. The minimum Gasteiger partial charge on any atom is -0.489 e. The van der Waals surface area contributed by atoms with Gasteiger partial charge in [0.05, 0.1) is 0 Å². The van der Waals surface area contributed by atoms with Crippen LogP contribution in [0.5, 0.6) is 5.75 Å². The van der Waals surface area contributed by atoms with E-state index in [1.807, 2.05) is 13.1 Å². The molecule has 0 spiro atoms. The van der Waals surface area contributed by atoms with E-state index in [0.717, 1.165) is 12.2 Å². The SMILES string of the molecule is C=CCOc1cccc2c1CCC2NC. The van der Waals surface area contributed by atoms with Crippen molar-refractivity contribution in [3.05, 3.63) is 42.0 Å². The van der Waals surface area contributed by atoms with Gasteiger partial charge in [-0.3, -0.25) is 0 Å². The van der Waals surface area contributed by atoms with E-state index in [-0.39, 0.29) is 0 Å². The standard InChI is InChI=1S/C13H17NO/c1-3-9-15-13-6-4-5-10-11(13)7-8-12(10)14-2/h3-6,12,14H,1,7-9H2,2H3. The third-order valence-electron chi connectivity index (χ3n) is 2.93. The molecular weight excluding hydrogens is 186 g/mol. The summed E-state index contributed by atoms with van der Waals surface area (Å²) < 4.78 is 5.65. The molecule has 1 unspecified atom stereocenters. The molecule has 1 aliphatic rings. The summed E-state index contributed by atoms with van der Waals surface area (Å²) in [5.74, 6) is 1.02. The van der Waals surface area contributed by atoms with E-state index in [0.29, 0.717) is 12.6 Å². The quantitative estimate of drug-likeness (QED) is 0.759. The van der Waals surface area contributed by atoms with Gasteiger partial charge in [0.25, 0.3) is 0 Å². The molecule has 0 radical (unpaired) electrons. The van der Waals surface area contributed by atoms with Gasteiger partial charge < -0.3 is 10.1 Å². The van der Waals surface area contributed by atoms with Crippen molar-refractivity contribution in [2.75, 3.05) is 13.7 Å². The Hall–Kier alpha value is -1.28. The number of fused-ring (bicyclic) bond motifs is 1. The van der Waals surface area contributed by atoms with Crippen LogP contribution in [0.2, 0.25) is 0 Å². The first-order valence-electron chi connectivity index (χ1n) is 5.39. The molecule has 0 aromatic heterocycles. The number of hydrogen-bond donors (Lipinski definition) is 1. The van der Waals surface area contributed by atoms with Gasteiger partial charge >= 0.3 is 0 Å². The zero-order chi connectivity index (χ0) is 10.7. The van der Waals surface area contributed by atoms with Gasteiger partial charge in [0.15, 0.2) is 0 Å². The summed E-state index contributed by atoms with van der Waals surface area (Å²) in [6.45, 7) is 4.25. The average Bonchev–Trinajstić information content (AvgIpc) is 2.69. The van der Waals surface area contributed by atoms with Crippen LogP contribution in [0.3, 0.4) is 0 Å². The van der Waals surface area contributed by atoms with Crippen LogP contribution in [0.4, 0.5) is 0 Å². The van der Waals surface area contributed by atoms with E-state index in [1.54, 1.807) is 6.08 Å². The van der Waals surface area contributed by atoms with Crippen LogP contribution in [-0.2, 0) is 6.42 Å². The number of rotatable bonds is 4. The average molecular weight is 203 g/mol. The lowest BCUT2D eigenvalue weighted by molar-refractivity contribution is 0.359. The molecule has 1 N–H and O–H groups in total. The zero-order valence-electron chi connectivity index (χ0n) is 9.12. The van der Waals surface area contributed by atoms with Crippen LogP contribution in [0.15, 0.2) is 30.9 Å². The molecule has 0 heterocycles. The van der Waals surface area contributed by atoms with Crippen molar-refractivity contribution in [3.63, 3.8) is 0 Å². The highest BCUT2D eigenvalue weighted by atomic mass is 16.5. The smallest absolute Gasteiger partial charge is 0.123 e. The Kier molecular flexibility index (Phi) is 3.07. The monoisotopic (exact) mass is 203 g/mol. The van der Waals surface area contributed by atoms with E-state index in [2.05, 4.69) is 24.0 Å². The molecule has 0 bridgehead atoms. The first-order valence-corrected chi connectivity index (χ1v) is 5.39. The summed E-state index contributed by atoms with van der Waals surface area (Å²) >= 11 is 0. The van der Waals surface area contributed by atoms with E-state index in [4.69, 9.17) is 4.74 Å². The summed E-state index contributed by atoms with van der Waals surface area (Å²) in [6, 6.07) is 6.78. The molecule has 2 nitrogen and oxygen atoms in total. The van der Waals surface area contributed by atoms with Crippen molar-refractivity contribution in [1.29, 1.82) is 0 Å². The topological polar surface area (TPSA) is 21.3 Å². The van der Waals surface area contributed by atoms with Crippen LogP contribution in [0.25, 0.3) is 0 Å². The van der Waals surface area contributed by atoms with Gasteiger partial charge in [-0.1, -0.05) is 24.8 Å². The van der Waals surface area contributed by atoms with Crippen LogP contribution in [0.1, 0.15) is 23.6 Å². The van der Waals surface area contributed by atoms with Gasteiger partial charge in [0, 0.05) is 6.04 Å². The number of benzene rings is 1. The van der Waals surface area contributed by atoms with Crippen LogP contribution < -0.4 is 10.1 Å². The van der Waals surface area contributed by atoms with Crippen molar-refractivity contribution in [2.45, 2.75) is 18.9 Å². The number of hydrogen-bond acceptors (Lipinski definition) is 2. The van der Waals surface area contributed by atoms with Crippen molar-refractivity contribution in [2.24, 2.45) is 0 Å². The van der Waals surface area contributed by atoms with Crippen molar-refractivity contribution in [3.8, 4) is 5.75 Å². The molecule has 80 valence electrons. The maximum atomic E-state index is 5.65. The third kappa shape index (κ3) is 1.90. The van der Waals surface area contributed by atoms with Crippen molar-refractivity contribution in [1.82, 2.24) is 5.32 Å². The fraction of sp³-hybridized carbons (Fsp3) is 0.385. The summed E-state index contributed by atoms with van der Waals surface area (Å²) in [5, 5.41) is 3.33. The lowest BCUT2D eigenvalue weighted by Crippen LogP contribution is -2.12. The van der Waals surface area contributed by atoms with E-state index in [9.17, 15) is 0 Å². The van der Waals surface area contributed by atoms with Gasteiger partial charge in [-0.05, 0) is 37.1 Å². The second-order valence-corrected chi connectivity index (χ2v) is 3.80. The highest BCUT2D eigenvalue weighted by Gasteiger charge is 2.23. The molecule has 0 saturated heterocycles. The Morgan fingerprint density at radius 1 is 1.60 bits per heavy atom. The van der Waals surface area contributed by atoms with E-state index < -0.39 is 0 Å². The summed E-state index contributed by atoms with van der Waals surface area (Å²) in [7, 11) is 2.01. The molecule has 1 aliphatic carbocycles. The van der Waals surface area contributed by atoms with Crippen molar-refractivity contribution < 1.29 is 4.74 Å². The largest absolute Gasteiger partial charge is 0.489 e.